The topological polar surface area (TPSA) is 111 Å². The van der Waals surface area contributed by atoms with E-state index in [0.717, 1.165) is 44.9 Å². The van der Waals surface area contributed by atoms with Crippen LogP contribution in [0.3, 0.4) is 0 Å². The zero-order valence-corrected chi connectivity index (χ0v) is 35.2. The third-order valence-electron chi connectivity index (χ3n) is 14.6. The largest absolute Gasteiger partial charge is 0.462 e. The van der Waals surface area contributed by atoms with Crippen LogP contribution in [0.25, 0.3) is 0 Å². The van der Waals surface area contributed by atoms with E-state index in [1.54, 1.807) is 21.3 Å². The van der Waals surface area contributed by atoms with Crippen LogP contribution in [0.4, 0.5) is 0 Å². The number of allylic oxidation sites excluding steroid dienone is 3. The lowest BCUT2D eigenvalue weighted by Gasteiger charge is -2.44. The van der Waals surface area contributed by atoms with E-state index >= 15 is 4.79 Å². The maximum Gasteiger partial charge on any atom is 0.306 e. The summed E-state index contributed by atoms with van der Waals surface area (Å²) < 4.78 is 50.1. The van der Waals surface area contributed by atoms with E-state index in [1.165, 1.54) is 5.57 Å². The van der Waals surface area contributed by atoms with E-state index in [9.17, 15) is 4.79 Å². The van der Waals surface area contributed by atoms with E-state index in [1.807, 2.05) is 19.9 Å². The summed E-state index contributed by atoms with van der Waals surface area (Å²) in [5, 5.41) is 0. The third kappa shape index (κ3) is 8.70. The molecular weight excluding hydrogens is 702 g/mol. The van der Waals surface area contributed by atoms with Gasteiger partial charge in [-0.2, -0.15) is 0 Å². The number of carbonyl (C=O) groups is 2. The molecule has 3 heterocycles. The smallest absolute Gasteiger partial charge is 0.306 e. The molecule has 6 rings (SSSR count). The van der Waals surface area contributed by atoms with E-state index in [4.69, 9.17) is 37.9 Å². The molecule has 5 fully saturated rings. The quantitative estimate of drug-likeness (QED) is 0.183. The summed E-state index contributed by atoms with van der Waals surface area (Å²) in [7, 11) is 9.18. The lowest BCUT2D eigenvalue weighted by atomic mass is 9.66. The number of esters is 1. The van der Waals surface area contributed by atoms with Crippen molar-refractivity contribution in [1.82, 2.24) is 4.90 Å². The molecule has 0 bridgehead atoms. The minimum Gasteiger partial charge on any atom is -0.462 e. The van der Waals surface area contributed by atoms with Crippen molar-refractivity contribution in [3.05, 3.63) is 24.3 Å². The summed E-state index contributed by atoms with van der Waals surface area (Å²) in [6.45, 7) is 14.8. The summed E-state index contributed by atoms with van der Waals surface area (Å²) in [6.07, 6.45) is 8.29. The van der Waals surface area contributed by atoms with E-state index in [-0.39, 0.29) is 109 Å². The number of ether oxygens (including phenoxy) is 8. The number of likely N-dealkylation sites (N-methyl/N-ethyl adjacent to an activating group) is 1. The SMILES string of the molecule is C=CC1C2C(=O)[C@H](C)[C@@H](O[C@H]3CC[C@H](N(C)C)C(C)O3)CCC[C@H](CC)OC(=O)C[C@H]2[C@@H]2C=C(C)[C@@H]3C[C@@H](O[C@@H]4OC(C)[C@H](OC)C(OC)[C@@H]4OC)C[C@H]3[C@H]12. The second kappa shape index (κ2) is 18.5. The highest BCUT2D eigenvalue weighted by Gasteiger charge is 2.60. The van der Waals surface area contributed by atoms with Gasteiger partial charge in [0.05, 0.1) is 24.4 Å². The number of ketones is 1. The van der Waals surface area contributed by atoms with Crippen LogP contribution in [0.2, 0.25) is 0 Å². The van der Waals surface area contributed by atoms with Gasteiger partial charge in [-0.1, -0.05) is 31.6 Å². The molecule has 0 aromatic heterocycles. The molecule has 6 aliphatic rings. The van der Waals surface area contributed by atoms with Crippen molar-refractivity contribution in [2.24, 2.45) is 47.3 Å². The van der Waals surface area contributed by atoms with Crippen LogP contribution >= 0.6 is 0 Å². The number of hydrogen-bond donors (Lipinski definition) is 0. The molecule has 0 radical (unpaired) electrons. The van der Waals surface area contributed by atoms with Gasteiger partial charge in [-0.15, -0.1) is 6.58 Å². The zero-order valence-electron chi connectivity index (χ0n) is 35.2. The molecule has 0 N–H and O–H groups in total. The molecule has 11 heteroatoms. The Bertz CT molecular complexity index is 1360. The minimum absolute atomic E-state index is 0.0294. The van der Waals surface area contributed by atoms with Crippen molar-refractivity contribution in [2.45, 2.75) is 160 Å². The van der Waals surface area contributed by atoms with Gasteiger partial charge in [0.1, 0.15) is 30.2 Å². The number of carbonyl (C=O) groups excluding carboxylic acids is 2. The summed E-state index contributed by atoms with van der Waals surface area (Å²) in [5.74, 6) is -0.312. The molecule has 11 nitrogen and oxygen atoms in total. The van der Waals surface area contributed by atoms with Crippen LogP contribution in [-0.2, 0) is 47.5 Å². The first-order valence-corrected chi connectivity index (χ1v) is 21.3. The van der Waals surface area contributed by atoms with Gasteiger partial charge in [0.2, 0.25) is 0 Å². The second-order valence-electron chi connectivity index (χ2n) is 17.8. The van der Waals surface area contributed by atoms with E-state index in [0.29, 0.717) is 18.4 Å². The summed E-state index contributed by atoms with van der Waals surface area (Å²) >= 11 is 0. The van der Waals surface area contributed by atoms with Gasteiger partial charge >= 0.3 is 5.97 Å². The number of Topliss-reactive ketones (excluding diaryl/α,β-unsaturated/α-hetero) is 1. The monoisotopic (exact) mass is 774 g/mol. The number of nitrogens with zero attached hydrogens (tertiary/aromatic N) is 1. The van der Waals surface area contributed by atoms with Crippen LogP contribution in [0.1, 0.15) is 92.4 Å². The van der Waals surface area contributed by atoms with E-state index < -0.39 is 12.4 Å². The third-order valence-corrected chi connectivity index (χ3v) is 14.6. The Hall–Kier alpha value is -1.70. The Morgan fingerprint density at radius 2 is 1.62 bits per heavy atom. The lowest BCUT2D eigenvalue weighted by Crippen LogP contribution is -2.59. The van der Waals surface area contributed by atoms with Crippen LogP contribution in [-0.4, -0.2) is 120 Å². The molecule has 3 saturated heterocycles. The van der Waals surface area contributed by atoms with Gasteiger partial charge < -0.3 is 42.8 Å². The number of methoxy groups -OCH3 is 3. The first kappa shape index (κ1) is 42.9. The average Bonchev–Trinajstić information content (AvgIpc) is 3.71. The Kier molecular flexibility index (Phi) is 14.4. The van der Waals surface area contributed by atoms with Gasteiger partial charge in [-0.25, -0.2) is 0 Å². The van der Waals surface area contributed by atoms with Crippen molar-refractivity contribution in [3.8, 4) is 0 Å². The fourth-order valence-electron chi connectivity index (χ4n) is 11.9. The van der Waals surface area contributed by atoms with Crippen LogP contribution < -0.4 is 0 Å². The normalized spacial score (nSPS) is 46.8. The number of rotatable bonds is 10. The fraction of sp³-hybridized carbons (Fsp3) is 0.864. The van der Waals surface area contributed by atoms with Gasteiger partial charge in [0, 0.05) is 45.6 Å². The maximum absolute atomic E-state index is 15.1. The molecule has 5 unspecified atom stereocenters. The van der Waals surface area contributed by atoms with Gasteiger partial charge in [-0.05, 0) is 122 Å². The second-order valence-corrected chi connectivity index (χ2v) is 17.8. The predicted molar refractivity (Wildman–Crippen MR) is 208 cm³/mol. The Morgan fingerprint density at radius 3 is 2.25 bits per heavy atom. The number of hydrogen-bond acceptors (Lipinski definition) is 11. The number of fused-ring (bicyclic) bond motifs is 5. The number of cyclic esters (lactones) is 1. The van der Waals surface area contributed by atoms with Crippen LogP contribution in [0, 0.1) is 47.3 Å². The van der Waals surface area contributed by atoms with Crippen LogP contribution in [0.15, 0.2) is 24.3 Å². The molecule has 2 saturated carbocycles. The fourth-order valence-corrected chi connectivity index (χ4v) is 11.9. The Morgan fingerprint density at radius 1 is 0.891 bits per heavy atom. The molecular formula is C44H71NO10. The molecule has 55 heavy (non-hydrogen) atoms. The van der Waals surface area contributed by atoms with Gasteiger partial charge in [0.15, 0.2) is 12.6 Å². The minimum atomic E-state index is -0.610. The highest BCUT2D eigenvalue weighted by atomic mass is 16.7. The zero-order chi connectivity index (χ0) is 39.7. The van der Waals surface area contributed by atoms with E-state index in [2.05, 4.69) is 52.4 Å². The summed E-state index contributed by atoms with van der Waals surface area (Å²) in [4.78, 5) is 31.1. The van der Waals surface area contributed by atoms with Crippen molar-refractivity contribution < 1.29 is 47.5 Å². The van der Waals surface area contributed by atoms with Gasteiger partial charge in [0.25, 0.3) is 0 Å². The lowest BCUT2D eigenvalue weighted by molar-refractivity contribution is -0.314. The molecule has 3 aliphatic heterocycles. The average molecular weight is 774 g/mol. The van der Waals surface area contributed by atoms with Crippen molar-refractivity contribution in [1.29, 1.82) is 0 Å². The van der Waals surface area contributed by atoms with Crippen molar-refractivity contribution >= 4 is 11.8 Å². The highest BCUT2D eigenvalue weighted by molar-refractivity contribution is 5.86. The molecule has 0 spiro atoms. The molecule has 0 aromatic carbocycles. The predicted octanol–water partition coefficient (Wildman–Crippen LogP) is 6.37. The van der Waals surface area contributed by atoms with Gasteiger partial charge in [-0.3, -0.25) is 9.59 Å². The summed E-state index contributed by atoms with van der Waals surface area (Å²) in [5.41, 5.74) is 1.31. The summed E-state index contributed by atoms with van der Waals surface area (Å²) in [6, 6.07) is 0.331. The standard InChI is InChI=1S/C44H71NO10/c1-12-27-15-14-16-35(55-37-18-17-34(45(7)8)25(5)51-37)24(4)40(47)39-29(13-2)38-31(33(39)22-36(46)53-27)19-23(3)30-20-28(21-32(30)38)54-44-43(50-11)42(49-10)41(48-9)26(6)52-44/h13,19,24-35,37-39,41-44H,2,12,14-18,20-22H2,1,3-11H3/t24-,25?,26?,27+,28-,29?,30+,31+,32-,33+,34+,35+,37+,38-,39?,41+,42?,43+,44+/m1/s1. The first-order valence-electron chi connectivity index (χ1n) is 21.3. The van der Waals surface area contributed by atoms with Crippen LogP contribution in [0.5, 0.6) is 0 Å². The molecule has 0 amide bonds. The molecule has 3 aliphatic carbocycles. The van der Waals surface area contributed by atoms with Crippen molar-refractivity contribution in [2.75, 3.05) is 35.4 Å². The molecule has 0 aromatic rings. The first-order chi connectivity index (χ1) is 26.3. The Balaban J connectivity index is 1.26. The molecule has 312 valence electrons. The highest BCUT2D eigenvalue weighted by Crippen LogP contribution is 2.61. The maximum atomic E-state index is 15.1. The Labute approximate surface area is 330 Å². The van der Waals surface area contributed by atoms with Crippen molar-refractivity contribution in [3.63, 3.8) is 0 Å². The molecule has 19 atom stereocenters.